The van der Waals surface area contributed by atoms with E-state index in [1.165, 1.54) is 36.9 Å². The Labute approximate surface area is 220 Å². The number of halogens is 1. The number of hydrogen-bond acceptors (Lipinski definition) is 9. The lowest BCUT2D eigenvalue weighted by Crippen LogP contribution is -2.41. The summed E-state index contributed by atoms with van der Waals surface area (Å²) in [6, 6.07) is 6.12. The summed E-state index contributed by atoms with van der Waals surface area (Å²) in [5.74, 6) is 0.338. The molecule has 0 spiro atoms. The molecule has 1 N–H and O–H groups in total. The molecule has 0 bridgehead atoms. The quantitative estimate of drug-likeness (QED) is 0.292. The van der Waals surface area contributed by atoms with Crippen molar-refractivity contribution in [2.45, 2.75) is 26.8 Å². The lowest BCUT2D eigenvalue weighted by molar-refractivity contribution is 0.194. The Morgan fingerprint density at radius 1 is 1.08 bits per heavy atom. The highest BCUT2D eigenvalue weighted by molar-refractivity contribution is 7.21. The second-order valence-electron chi connectivity index (χ2n) is 8.66. The minimum absolute atomic E-state index is 0.00340. The van der Waals surface area contributed by atoms with Crippen LogP contribution in [0.2, 0.25) is 0 Å². The third-order valence-electron chi connectivity index (χ3n) is 5.82. The number of rotatable bonds is 7. The van der Waals surface area contributed by atoms with Gasteiger partial charge in [0.2, 0.25) is 5.88 Å². The number of amides is 1. The summed E-state index contributed by atoms with van der Waals surface area (Å²) < 4.78 is 26.6. The minimum atomic E-state index is -1.19. The normalized spacial score (nSPS) is 12.0. The van der Waals surface area contributed by atoms with Crippen LogP contribution >= 0.6 is 11.3 Å². The first-order valence-electron chi connectivity index (χ1n) is 11.6. The van der Waals surface area contributed by atoms with Crippen molar-refractivity contribution in [3.63, 3.8) is 0 Å². The first-order chi connectivity index (χ1) is 18.2. The maximum atomic E-state index is 15.0. The Bertz CT molecular complexity index is 1660. The summed E-state index contributed by atoms with van der Waals surface area (Å²) in [4.78, 5) is 34.7. The molecule has 10 nitrogen and oxygen atoms in total. The number of benzene rings is 2. The van der Waals surface area contributed by atoms with Gasteiger partial charge in [0.25, 0.3) is 0 Å². The number of carboxylic acid groups (broad SMARTS) is 1. The average molecular weight is 535 g/mol. The van der Waals surface area contributed by atoms with Crippen LogP contribution in [0.25, 0.3) is 31.8 Å². The van der Waals surface area contributed by atoms with E-state index in [9.17, 15) is 14.3 Å². The standard InChI is InChI=1S/C26H23FN6O4S/c1-13-5-17(24-20(6-13)31-23(36-4)11-30-24)25-32-19-7-18(27)21(8-22(19)38-25)37-12-14(2)33(26(34)35)16-9-28-15(3)29-10-16/h5-11,14H,12H2,1-4H3,(H,34,35)/t14-/m1/s1. The van der Waals surface area contributed by atoms with E-state index in [0.29, 0.717) is 43.6 Å². The minimum Gasteiger partial charge on any atom is -0.488 e. The fraction of sp³-hybridized carbons (Fsp3) is 0.231. The number of methoxy groups -OCH3 is 1. The number of thiazole rings is 1. The molecule has 194 valence electrons. The van der Waals surface area contributed by atoms with Crippen LogP contribution in [0, 0.1) is 19.7 Å². The maximum Gasteiger partial charge on any atom is 0.412 e. The summed E-state index contributed by atoms with van der Waals surface area (Å²) in [5, 5.41) is 10.4. The average Bonchev–Trinajstić information content (AvgIpc) is 3.30. The summed E-state index contributed by atoms with van der Waals surface area (Å²) in [6.07, 6.45) is 3.20. The van der Waals surface area contributed by atoms with Crippen LogP contribution in [0.1, 0.15) is 18.3 Å². The maximum absolute atomic E-state index is 15.0. The Kier molecular flexibility index (Phi) is 6.72. The first kappa shape index (κ1) is 25.2. The van der Waals surface area contributed by atoms with Gasteiger partial charge in [0.15, 0.2) is 11.6 Å². The second-order valence-corrected chi connectivity index (χ2v) is 9.69. The smallest absolute Gasteiger partial charge is 0.412 e. The van der Waals surface area contributed by atoms with Crippen LogP contribution in [0.3, 0.4) is 0 Å². The molecule has 0 aliphatic rings. The summed E-state index contributed by atoms with van der Waals surface area (Å²) in [6.45, 7) is 5.23. The molecule has 3 aromatic heterocycles. The van der Waals surface area contributed by atoms with E-state index in [0.717, 1.165) is 16.0 Å². The van der Waals surface area contributed by atoms with Crippen molar-refractivity contribution in [2.75, 3.05) is 18.6 Å². The molecule has 5 rings (SSSR count). The van der Waals surface area contributed by atoms with Crippen molar-refractivity contribution in [1.29, 1.82) is 0 Å². The number of carbonyl (C=O) groups is 1. The van der Waals surface area contributed by atoms with Gasteiger partial charge in [-0.1, -0.05) is 0 Å². The summed E-state index contributed by atoms with van der Waals surface area (Å²) in [7, 11) is 1.53. The lowest BCUT2D eigenvalue weighted by Gasteiger charge is -2.26. The molecule has 38 heavy (non-hydrogen) atoms. The molecule has 12 heteroatoms. The van der Waals surface area contributed by atoms with Crippen molar-refractivity contribution in [3.05, 3.63) is 60.1 Å². The second kappa shape index (κ2) is 10.1. The Hall–Kier alpha value is -4.45. The first-order valence-corrected chi connectivity index (χ1v) is 12.4. The predicted molar refractivity (Wildman–Crippen MR) is 142 cm³/mol. The van der Waals surface area contributed by atoms with E-state index < -0.39 is 18.0 Å². The molecule has 0 saturated heterocycles. The van der Waals surface area contributed by atoms with Gasteiger partial charge in [-0.15, -0.1) is 11.3 Å². The molecular weight excluding hydrogens is 511 g/mol. The van der Waals surface area contributed by atoms with E-state index in [2.05, 4.69) is 24.9 Å². The zero-order valence-corrected chi connectivity index (χ0v) is 21.8. The monoisotopic (exact) mass is 534 g/mol. The largest absolute Gasteiger partial charge is 0.488 e. The van der Waals surface area contributed by atoms with E-state index in [1.807, 2.05) is 19.1 Å². The number of hydrogen-bond donors (Lipinski definition) is 1. The molecule has 0 fully saturated rings. The summed E-state index contributed by atoms with van der Waals surface area (Å²) >= 11 is 1.37. The molecular formula is C26H23FN6O4S. The number of ether oxygens (including phenoxy) is 2. The highest BCUT2D eigenvalue weighted by atomic mass is 32.1. The van der Waals surface area contributed by atoms with Crippen LogP contribution in [-0.2, 0) is 0 Å². The number of anilines is 1. The van der Waals surface area contributed by atoms with Gasteiger partial charge in [-0.25, -0.2) is 34.1 Å². The highest BCUT2D eigenvalue weighted by Crippen LogP contribution is 2.37. The molecule has 0 unspecified atom stereocenters. The molecule has 0 saturated carbocycles. The van der Waals surface area contributed by atoms with Gasteiger partial charge < -0.3 is 14.6 Å². The van der Waals surface area contributed by atoms with Crippen molar-refractivity contribution < 1.29 is 23.8 Å². The molecule has 0 radical (unpaired) electrons. The van der Waals surface area contributed by atoms with Crippen LogP contribution in [-0.4, -0.2) is 55.9 Å². The Balaban J connectivity index is 1.43. The highest BCUT2D eigenvalue weighted by Gasteiger charge is 2.24. The van der Waals surface area contributed by atoms with E-state index >= 15 is 0 Å². The van der Waals surface area contributed by atoms with Crippen molar-refractivity contribution in [3.8, 4) is 22.2 Å². The Morgan fingerprint density at radius 2 is 1.84 bits per heavy atom. The molecule has 2 aromatic carbocycles. The number of fused-ring (bicyclic) bond motifs is 2. The van der Waals surface area contributed by atoms with Gasteiger partial charge in [-0.3, -0.25) is 4.90 Å². The fourth-order valence-electron chi connectivity index (χ4n) is 4.01. The van der Waals surface area contributed by atoms with Gasteiger partial charge in [-0.05, 0) is 38.5 Å². The van der Waals surface area contributed by atoms with Crippen LogP contribution < -0.4 is 14.4 Å². The zero-order chi connectivity index (χ0) is 27.0. The molecule has 1 atom stereocenters. The van der Waals surface area contributed by atoms with E-state index in [4.69, 9.17) is 9.47 Å². The van der Waals surface area contributed by atoms with Crippen LogP contribution in [0.5, 0.6) is 11.6 Å². The number of aryl methyl sites for hydroxylation is 2. The molecule has 1 amide bonds. The van der Waals surface area contributed by atoms with E-state index in [-0.39, 0.29) is 12.4 Å². The third kappa shape index (κ3) is 4.90. The molecule has 3 heterocycles. The molecule has 0 aliphatic carbocycles. The van der Waals surface area contributed by atoms with Gasteiger partial charge in [0.05, 0.1) is 58.7 Å². The third-order valence-corrected chi connectivity index (χ3v) is 6.87. The number of nitrogens with zero attached hydrogens (tertiary/aromatic N) is 6. The van der Waals surface area contributed by atoms with Crippen molar-refractivity contribution in [2.24, 2.45) is 0 Å². The van der Waals surface area contributed by atoms with Gasteiger partial charge in [-0.2, -0.15) is 0 Å². The van der Waals surface area contributed by atoms with Gasteiger partial charge in [0.1, 0.15) is 17.4 Å². The van der Waals surface area contributed by atoms with Crippen LogP contribution in [0.15, 0.2) is 42.9 Å². The van der Waals surface area contributed by atoms with Crippen molar-refractivity contribution >= 4 is 44.4 Å². The zero-order valence-electron chi connectivity index (χ0n) is 21.0. The molecule has 5 aromatic rings. The Morgan fingerprint density at radius 3 is 2.55 bits per heavy atom. The van der Waals surface area contributed by atoms with Crippen LogP contribution in [0.4, 0.5) is 14.9 Å². The topological polar surface area (TPSA) is 123 Å². The summed E-state index contributed by atoms with van der Waals surface area (Å²) in [5.41, 5.74) is 3.86. The SMILES string of the molecule is COc1cnc2c(-c3nc4cc(F)c(OC[C@@H](C)N(C(=O)O)c5cnc(C)nc5)cc4s3)cc(C)cc2n1. The lowest BCUT2D eigenvalue weighted by atomic mass is 10.1. The molecule has 0 aliphatic heterocycles. The van der Waals surface area contributed by atoms with Crippen molar-refractivity contribution in [1.82, 2.24) is 24.9 Å². The fourth-order valence-corrected chi connectivity index (χ4v) is 5.01. The van der Waals surface area contributed by atoms with Gasteiger partial charge >= 0.3 is 6.09 Å². The van der Waals surface area contributed by atoms with E-state index in [1.54, 1.807) is 26.1 Å². The van der Waals surface area contributed by atoms with Gasteiger partial charge in [0, 0.05) is 17.7 Å². The number of aromatic nitrogens is 5. The predicted octanol–water partition coefficient (Wildman–Crippen LogP) is 5.41.